The first-order valence-corrected chi connectivity index (χ1v) is 10.2. The van der Waals surface area contributed by atoms with Crippen LogP contribution in [0, 0.1) is 11.3 Å². The number of hydrogen-bond acceptors (Lipinski definition) is 6. The van der Waals surface area contributed by atoms with E-state index in [0.717, 1.165) is 37.2 Å². The summed E-state index contributed by atoms with van der Waals surface area (Å²) in [5.74, 6) is -0.344. The number of ether oxygens (including phenoxy) is 1. The van der Waals surface area contributed by atoms with Crippen molar-refractivity contribution < 1.29 is 14.6 Å². The zero-order valence-electron chi connectivity index (χ0n) is 14.9. The SMILES string of the molecule is N#Cc1cc2c(cc1Cl)N1CCCCC1COc1ccc(C(=O)O)cc1SN2. The van der Waals surface area contributed by atoms with Crippen LogP contribution in [0.25, 0.3) is 0 Å². The highest BCUT2D eigenvalue weighted by atomic mass is 35.5. The Balaban J connectivity index is 1.79. The maximum atomic E-state index is 11.3. The molecule has 4 rings (SSSR count). The van der Waals surface area contributed by atoms with Gasteiger partial charge in [-0.05, 0) is 61.5 Å². The average Bonchev–Trinajstić information content (AvgIpc) is 2.71. The van der Waals surface area contributed by atoms with Gasteiger partial charge in [0.25, 0.3) is 0 Å². The first-order chi connectivity index (χ1) is 13.6. The number of halogens is 1. The van der Waals surface area contributed by atoms with E-state index < -0.39 is 5.97 Å². The van der Waals surface area contributed by atoms with Gasteiger partial charge in [0.2, 0.25) is 0 Å². The van der Waals surface area contributed by atoms with Gasteiger partial charge in [-0.2, -0.15) is 5.26 Å². The van der Waals surface area contributed by atoms with Gasteiger partial charge in [-0.15, -0.1) is 0 Å². The Kier molecular flexibility index (Phi) is 5.25. The van der Waals surface area contributed by atoms with Crippen LogP contribution < -0.4 is 14.4 Å². The fourth-order valence-electron chi connectivity index (χ4n) is 3.59. The predicted octanol–water partition coefficient (Wildman–Crippen LogP) is 4.78. The monoisotopic (exact) mass is 415 g/mol. The molecule has 144 valence electrons. The summed E-state index contributed by atoms with van der Waals surface area (Å²) >= 11 is 7.58. The molecule has 1 fully saturated rings. The molecule has 28 heavy (non-hydrogen) atoms. The van der Waals surface area contributed by atoms with E-state index in [-0.39, 0.29) is 11.6 Å². The molecule has 0 spiro atoms. The van der Waals surface area contributed by atoms with Crippen LogP contribution >= 0.6 is 23.5 Å². The second-order valence-corrected chi connectivity index (χ2v) is 8.04. The van der Waals surface area contributed by atoms with Crippen LogP contribution in [0.4, 0.5) is 11.4 Å². The van der Waals surface area contributed by atoms with E-state index in [9.17, 15) is 15.2 Å². The quantitative estimate of drug-likeness (QED) is 0.648. The highest BCUT2D eigenvalue weighted by molar-refractivity contribution is 8.00. The number of nitrogens with zero attached hydrogens (tertiary/aromatic N) is 2. The van der Waals surface area contributed by atoms with Crippen LogP contribution in [-0.2, 0) is 0 Å². The first kappa shape index (κ1) is 18.8. The van der Waals surface area contributed by atoms with E-state index in [1.807, 2.05) is 6.07 Å². The summed E-state index contributed by atoms with van der Waals surface area (Å²) in [5, 5.41) is 19.1. The fraction of sp³-hybridized carbons (Fsp3) is 0.300. The lowest BCUT2D eigenvalue weighted by molar-refractivity contribution is 0.0696. The van der Waals surface area contributed by atoms with Crippen LogP contribution in [-0.4, -0.2) is 30.3 Å². The number of rotatable bonds is 1. The predicted molar refractivity (Wildman–Crippen MR) is 110 cm³/mol. The van der Waals surface area contributed by atoms with Crippen molar-refractivity contribution in [1.82, 2.24) is 0 Å². The lowest BCUT2D eigenvalue weighted by Gasteiger charge is -2.39. The summed E-state index contributed by atoms with van der Waals surface area (Å²) < 4.78 is 9.36. The standard InChI is InChI=1S/C20H18ClN3O3S/c21-15-9-17-16(7-13(15)10-22)23-28-19-8-12(20(25)26)4-5-18(19)27-11-14-3-1-2-6-24(14)17/h4-5,7-9,14,23H,1-3,6,11H2,(H,25,26). The summed E-state index contributed by atoms with van der Waals surface area (Å²) in [6.45, 7) is 1.39. The lowest BCUT2D eigenvalue weighted by Crippen LogP contribution is -2.43. The minimum Gasteiger partial charge on any atom is -0.490 e. The van der Waals surface area contributed by atoms with Crippen LogP contribution in [0.3, 0.4) is 0 Å². The number of fused-ring (bicyclic) bond motifs is 4. The topological polar surface area (TPSA) is 85.6 Å². The van der Waals surface area contributed by atoms with E-state index >= 15 is 0 Å². The number of carboxylic acid groups (broad SMARTS) is 1. The van der Waals surface area contributed by atoms with Crippen LogP contribution in [0.2, 0.25) is 5.02 Å². The molecule has 1 unspecified atom stereocenters. The Bertz CT molecular complexity index is 976. The highest BCUT2D eigenvalue weighted by Gasteiger charge is 2.27. The summed E-state index contributed by atoms with van der Waals surface area (Å²) in [7, 11) is 0. The Morgan fingerprint density at radius 3 is 3.00 bits per heavy atom. The van der Waals surface area contributed by atoms with Gasteiger partial charge in [0.15, 0.2) is 0 Å². The van der Waals surface area contributed by atoms with Crippen molar-refractivity contribution in [3.8, 4) is 11.8 Å². The summed E-state index contributed by atoms with van der Waals surface area (Å²) in [4.78, 5) is 14.3. The Morgan fingerprint density at radius 2 is 2.21 bits per heavy atom. The van der Waals surface area contributed by atoms with Gasteiger partial charge in [0, 0.05) is 6.54 Å². The number of benzene rings is 2. The Hall–Kier alpha value is -2.56. The molecular weight excluding hydrogens is 398 g/mol. The van der Waals surface area contributed by atoms with E-state index in [0.29, 0.717) is 27.8 Å². The minimum atomic E-state index is -0.988. The number of carboxylic acids is 1. The number of anilines is 2. The van der Waals surface area contributed by atoms with E-state index in [1.54, 1.807) is 24.3 Å². The van der Waals surface area contributed by atoms with Gasteiger partial charge < -0.3 is 19.5 Å². The third-order valence-corrected chi connectivity index (χ3v) is 6.21. The second-order valence-electron chi connectivity index (χ2n) is 6.79. The smallest absolute Gasteiger partial charge is 0.335 e. The summed E-state index contributed by atoms with van der Waals surface area (Å²) in [6.07, 6.45) is 3.20. The molecular formula is C20H18ClN3O3S. The van der Waals surface area contributed by atoms with Gasteiger partial charge in [0.1, 0.15) is 18.4 Å². The molecule has 0 bridgehead atoms. The molecule has 2 aliphatic rings. The molecule has 0 aromatic heterocycles. The molecule has 1 saturated heterocycles. The Labute approximate surface area is 172 Å². The normalized spacial score (nSPS) is 18.4. The van der Waals surface area contributed by atoms with Crippen molar-refractivity contribution in [2.45, 2.75) is 30.2 Å². The Morgan fingerprint density at radius 1 is 1.36 bits per heavy atom. The molecule has 2 heterocycles. The van der Waals surface area contributed by atoms with Crippen LogP contribution in [0.1, 0.15) is 35.2 Å². The third kappa shape index (κ3) is 3.58. The van der Waals surface area contributed by atoms with Crippen molar-refractivity contribution in [2.75, 3.05) is 22.8 Å². The molecule has 2 aromatic rings. The molecule has 6 nitrogen and oxygen atoms in total. The zero-order valence-corrected chi connectivity index (χ0v) is 16.5. The molecule has 8 heteroatoms. The van der Waals surface area contributed by atoms with Gasteiger partial charge in [-0.25, -0.2) is 4.79 Å². The molecule has 0 saturated carbocycles. The number of hydrogen-bond donors (Lipinski definition) is 2. The zero-order chi connectivity index (χ0) is 19.7. The maximum Gasteiger partial charge on any atom is 0.335 e. The van der Waals surface area contributed by atoms with Gasteiger partial charge in [-0.1, -0.05) is 11.6 Å². The third-order valence-electron chi connectivity index (χ3n) is 5.04. The largest absolute Gasteiger partial charge is 0.490 e. The lowest BCUT2D eigenvalue weighted by atomic mass is 10.0. The molecule has 0 radical (unpaired) electrons. The van der Waals surface area contributed by atoms with Gasteiger partial charge in [-0.3, -0.25) is 0 Å². The number of nitrogens with one attached hydrogen (secondary N) is 1. The average molecular weight is 416 g/mol. The van der Waals surface area contributed by atoms with Gasteiger partial charge in [0.05, 0.1) is 38.5 Å². The van der Waals surface area contributed by atoms with E-state index in [1.165, 1.54) is 11.9 Å². The molecule has 2 aromatic carbocycles. The molecule has 0 amide bonds. The van der Waals surface area contributed by atoms with Gasteiger partial charge >= 0.3 is 5.97 Å². The van der Waals surface area contributed by atoms with Crippen molar-refractivity contribution in [1.29, 1.82) is 5.26 Å². The number of piperidine rings is 1. The van der Waals surface area contributed by atoms with Crippen LogP contribution in [0.5, 0.6) is 5.75 Å². The van der Waals surface area contributed by atoms with E-state index in [4.69, 9.17) is 16.3 Å². The van der Waals surface area contributed by atoms with Crippen molar-refractivity contribution in [2.24, 2.45) is 0 Å². The number of carbonyl (C=O) groups is 1. The van der Waals surface area contributed by atoms with E-state index in [2.05, 4.69) is 15.7 Å². The fourth-order valence-corrected chi connectivity index (χ4v) is 4.59. The second kappa shape index (κ2) is 7.82. The summed E-state index contributed by atoms with van der Waals surface area (Å²) in [6, 6.07) is 10.7. The first-order valence-electron chi connectivity index (χ1n) is 9.00. The van der Waals surface area contributed by atoms with Crippen molar-refractivity contribution in [3.63, 3.8) is 0 Å². The van der Waals surface area contributed by atoms with Crippen molar-refractivity contribution >= 4 is 40.9 Å². The summed E-state index contributed by atoms with van der Waals surface area (Å²) in [5.41, 5.74) is 2.31. The highest BCUT2D eigenvalue weighted by Crippen LogP contribution is 2.40. The molecule has 2 N–H and O–H groups in total. The molecule has 0 aliphatic carbocycles. The van der Waals surface area contributed by atoms with Crippen molar-refractivity contribution in [3.05, 3.63) is 46.5 Å². The maximum absolute atomic E-state index is 11.3. The molecule has 2 aliphatic heterocycles. The van der Waals surface area contributed by atoms with Crippen LogP contribution in [0.15, 0.2) is 35.2 Å². The minimum absolute atomic E-state index is 0.174. The number of nitriles is 1. The number of aromatic carboxylic acids is 1. The molecule has 1 atom stereocenters.